The van der Waals surface area contributed by atoms with Crippen LogP contribution in [0.1, 0.15) is 22.6 Å². The standard InChI is InChI=1S/C15H14N2O4/c1-20-15-14-11-7(5-17-15)4-16-6-9(11)8-2-3-10(18)12(19)13(8)21-14/h2-3,5,9,16,18-19H,4,6H2,1H3. The maximum Gasteiger partial charge on any atom is 0.257 e. The zero-order valence-corrected chi connectivity index (χ0v) is 11.4. The number of phenolic OH excluding ortho intramolecular Hbond substituents is 2. The number of aromatic hydroxyl groups is 2. The van der Waals surface area contributed by atoms with E-state index in [1.165, 1.54) is 13.2 Å². The second kappa shape index (κ2) is 4.26. The topological polar surface area (TPSA) is 83.8 Å². The van der Waals surface area contributed by atoms with Crippen LogP contribution in [0.25, 0.3) is 0 Å². The predicted molar refractivity (Wildman–Crippen MR) is 74.2 cm³/mol. The summed E-state index contributed by atoms with van der Waals surface area (Å²) in [5.41, 5.74) is 2.94. The molecule has 108 valence electrons. The maximum absolute atomic E-state index is 10.1. The van der Waals surface area contributed by atoms with Crippen molar-refractivity contribution in [1.29, 1.82) is 0 Å². The lowest BCUT2D eigenvalue weighted by atomic mass is 9.83. The molecule has 2 aromatic rings. The molecule has 3 heterocycles. The molecule has 2 aliphatic heterocycles. The van der Waals surface area contributed by atoms with E-state index in [4.69, 9.17) is 9.47 Å². The third-order valence-corrected chi connectivity index (χ3v) is 4.05. The number of hydrogen-bond acceptors (Lipinski definition) is 6. The van der Waals surface area contributed by atoms with Gasteiger partial charge in [0.15, 0.2) is 17.2 Å². The van der Waals surface area contributed by atoms with Crippen LogP contribution < -0.4 is 14.8 Å². The van der Waals surface area contributed by atoms with Crippen LogP contribution in [0, 0.1) is 0 Å². The summed E-state index contributed by atoms with van der Waals surface area (Å²) in [7, 11) is 1.53. The number of nitrogens with zero attached hydrogens (tertiary/aromatic N) is 1. The van der Waals surface area contributed by atoms with Crippen LogP contribution in [-0.4, -0.2) is 28.9 Å². The Morgan fingerprint density at radius 3 is 3.00 bits per heavy atom. The minimum Gasteiger partial charge on any atom is -0.504 e. The van der Waals surface area contributed by atoms with Gasteiger partial charge in [-0.15, -0.1) is 0 Å². The summed E-state index contributed by atoms with van der Waals surface area (Å²) in [4.78, 5) is 4.24. The van der Waals surface area contributed by atoms with Crippen molar-refractivity contribution in [3.63, 3.8) is 0 Å². The van der Waals surface area contributed by atoms with Crippen molar-refractivity contribution in [3.8, 4) is 28.9 Å². The quantitative estimate of drug-likeness (QED) is 0.694. The van der Waals surface area contributed by atoms with Gasteiger partial charge in [-0.2, -0.15) is 0 Å². The van der Waals surface area contributed by atoms with E-state index in [1.807, 2.05) is 0 Å². The number of methoxy groups -OCH3 is 1. The van der Waals surface area contributed by atoms with E-state index in [0.717, 1.165) is 29.8 Å². The van der Waals surface area contributed by atoms with E-state index < -0.39 is 0 Å². The van der Waals surface area contributed by atoms with Gasteiger partial charge in [-0.25, -0.2) is 4.98 Å². The molecule has 0 amide bonds. The summed E-state index contributed by atoms with van der Waals surface area (Å²) in [6, 6.07) is 3.26. The van der Waals surface area contributed by atoms with E-state index in [9.17, 15) is 10.2 Å². The lowest BCUT2D eigenvalue weighted by molar-refractivity contribution is 0.328. The molecule has 0 saturated carbocycles. The van der Waals surface area contributed by atoms with Crippen molar-refractivity contribution in [3.05, 3.63) is 35.0 Å². The molecule has 1 unspecified atom stereocenters. The lowest BCUT2D eigenvalue weighted by Crippen LogP contribution is -2.31. The highest BCUT2D eigenvalue weighted by Gasteiger charge is 2.36. The first-order valence-electron chi connectivity index (χ1n) is 6.70. The molecule has 21 heavy (non-hydrogen) atoms. The number of pyridine rings is 1. The Bertz CT molecular complexity index is 745. The molecule has 1 aromatic carbocycles. The zero-order chi connectivity index (χ0) is 14.6. The summed E-state index contributed by atoms with van der Waals surface area (Å²) in [6.45, 7) is 1.45. The van der Waals surface area contributed by atoms with Gasteiger partial charge in [0.1, 0.15) is 0 Å². The highest BCUT2D eigenvalue weighted by molar-refractivity contribution is 5.65. The first-order valence-corrected chi connectivity index (χ1v) is 6.70. The molecule has 6 heteroatoms. The van der Waals surface area contributed by atoms with Gasteiger partial charge < -0.3 is 25.0 Å². The monoisotopic (exact) mass is 286 g/mol. The number of benzene rings is 1. The van der Waals surface area contributed by atoms with Crippen LogP contribution in [0.4, 0.5) is 0 Å². The number of rotatable bonds is 1. The van der Waals surface area contributed by atoms with Gasteiger partial charge in [-0.3, -0.25) is 0 Å². The second-order valence-corrected chi connectivity index (χ2v) is 5.17. The molecule has 1 aromatic heterocycles. The number of hydrogen-bond donors (Lipinski definition) is 3. The van der Waals surface area contributed by atoms with Crippen molar-refractivity contribution >= 4 is 0 Å². The molecule has 0 radical (unpaired) electrons. The van der Waals surface area contributed by atoms with E-state index in [2.05, 4.69) is 10.3 Å². The number of ether oxygens (including phenoxy) is 2. The summed E-state index contributed by atoms with van der Waals surface area (Å²) in [6.07, 6.45) is 1.78. The fourth-order valence-electron chi connectivity index (χ4n) is 3.07. The summed E-state index contributed by atoms with van der Waals surface area (Å²) < 4.78 is 11.1. The van der Waals surface area contributed by atoms with Crippen molar-refractivity contribution in [2.75, 3.05) is 13.7 Å². The van der Waals surface area contributed by atoms with E-state index >= 15 is 0 Å². The van der Waals surface area contributed by atoms with Crippen molar-refractivity contribution in [1.82, 2.24) is 10.3 Å². The van der Waals surface area contributed by atoms with E-state index in [-0.39, 0.29) is 23.2 Å². The normalized spacial score (nSPS) is 18.4. The Morgan fingerprint density at radius 1 is 1.33 bits per heavy atom. The van der Waals surface area contributed by atoms with Crippen LogP contribution in [0.15, 0.2) is 18.3 Å². The third-order valence-electron chi connectivity index (χ3n) is 4.05. The Kier molecular flexibility index (Phi) is 2.49. The molecule has 0 spiro atoms. The second-order valence-electron chi connectivity index (χ2n) is 5.17. The highest BCUT2D eigenvalue weighted by atomic mass is 16.5. The molecule has 1 atom stereocenters. The Labute approximate surface area is 121 Å². The van der Waals surface area contributed by atoms with Crippen LogP contribution in [0.2, 0.25) is 0 Å². The van der Waals surface area contributed by atoms with Crippen molar-refractivity contribution < 1.29 is 19.7 Å². The number of aromatic nitrogens is 1. The third kappa shape index (κ3) is 1.59. The van der Waals surface area contributed by atoms with Crippen LogP contribution >= 0.6 is 0 Å². The molecule has 3 N–H and O–H groups in total. The largest absolute Gasteiger partial charge is 0.504 e. The average molecular weight is 286 g/mol. The Morgan fingerprint density at radius 2 is 2.19 bits per heavy atom. The number of nitrogens with one attached hydrogen (secondary N) is 1. The van der Waals surface area contributed by atoms with E-state index in [0.29, 0.717) is 11.6 Å². The van der Waals surface area contributed by atoms with Gasteiger partial charge in [0, 0.05) is 36.3 Å². The molecule has 6 nitrogen and oxygen atoms in total. The maximum atomic E-state index is 10.1. The highest BCUT2D eigenvalue weighted by Crippen LogP contribution is 2.54. The van der Waals surface area contributed by atoms with Gasteiger partial charge in [0.05, 0.1) is 7.11 Å². The SMILES string of the molecule is COc1ncc2c3c1Oc1c(ccc(O)c1O)C3CNC2. The average Bonchev–Trinajstić information content (AvgIpc) is 2.52. The molecule has 0 fully saturated rings. The molecule has 0 aliphatic carbocycles. The Balaban J connectivity index is 2.00. The van der Waals surface area contributed by atoms with Crippen LogP contribution in [0.5, 0.6) is 28.9 Å². The van der Waals surface area contributed by atoms with Gasteiger partial charge in [0.2, 0.25) is 5.75 Å². The predicted octanol–water partition coefficient (Wildman–Crippen LogP) is 1.84. The van der Waals surface area contributed by atoms with Crippen molar-refractivity contribution in [2.45, 2.75) is 12.5 Å². The fraction of sp³-hybridized carbons (Fsp3) is 0.267. The molecular weight excluding hydrogens is 272 g/mol. The van der Waals surface area contributed by atoms with Crippen LogP contribution in [0.3, 0.4) is 0 Å². The number of phenols is 2. The minimum atomic E-state index is -0.254. The smallest absolute Gasteiger partial charge is 0.257 e. The summed E-state index contributed by atoms with van der Waals surface area (Å²) in [5.74, 6) is 0.758. The zero-order valence-electron chi connectivity index (χ0n) is 11.4. The molecule has 4 rings (SSSR count). The van der Waals surface area contributed by atoms with Gasteiger partial charge in [0.25, 0.3) is 5.88 Å². The van der Waals surface area contributed by atoms with Crippen molar-refractivity contribution in [2.24, 2.45) is 0 Å². The minimum absolute atomic E-state index is 0.0379. The Hall–Kier alpha value is -2.47. The summed E-state index contributed by atoms with van der Waals surface area (Å²) >= 11 is 0. The summed E-state index contributed by atoms with van der Waals surface area (Å²) in [5, 5.41) is 23.1. The first-order chi connectivity index (χ1) is 10.2. The molecular formula is C15H14N2O4. The fourth-order valence-corrected chi connectivity index (χ4v) is 3.07. The van der Waals surface area contributed by atoms with Gasteiger partial charge in [-0.1, -0.05) is 6.07 Å². The molecule has 0 bridgehead atoms. The van der Waals surface area contributed by atoms with Gasteiger partial charge >= 0.3 is 0 Å². The number of fused-ring (bicyclic) bond motifs is 2. The first kappa shape index (κ1) is 12.3. The van der Waals surface area contributed by atoms with Gasteiger partial charge in [-0.05, 0) is 11.6 Å². The lowest BCUT2D eigenvalue weighted by Gasteiger charge is -2.34. The van der Waals surface area contributed by atoms with Crippen LogP contribution in [-0.2, 0) is 6.54 Å². The van der Waals surface area contributed by atoms with E-state index in [1.54, 1.807) is 12.3 Å². The molecule has 2 aliphatic rings. The molecule has 0 saturated heterocycles.